The number of carbonyl (C=O) groups excluding carboxylic acids is 1. The molecule has 1 unspecified atom stereocenters. The lowest BCUT2D eigenvalue weighted by Crippen LogP contribution is -2.21. The maximum absolute atomic E-state index is 11.9. The van der Waals surface area contributed by atoms with E-state index in [0.29, 0.717) is 32.4 Å². The fourth-order valence-electron chi connectivity index (χ4n) is 3.37. The van der Waals surface area contributed by atoms with E-state index < -0.39 is 6.10 Å². The minimum absolute atomic E-state index is 0.246. The molecule has 30 heavy (non-hydrogen) atoms. The van der Waals surface area contributed by atoms with E-state index in [9.17, 15) is 4.79 Å². The summed E-state index contributed by atoms with van der Waals surface area (Å²) in [5.41, 5.74) is 1.85. The van der Waals surface area contributed by atoms with E-state index in [1.807, 2.05) is 30.3 Å². The van der Waals surface area contributed by atoms with Crippen LogP contribution in [0.2, 0.25) is 5.02 Å². The average Bonchev–Trinajstić information content (AvgIpc) is 3.15. The normalized spacial score (nSPS) is 15.4. The third kappa shape index (κ3) is 3.15. The number of fused-ring (bicyclic) bond motifs is 2. The Morgan fingerprint density at radius 1 is 1.13 bits per heavy atom. The van der Waals surface area contributed by atoms with Crippen molar-refractivity contribution in [3.05, 3.63) is 80.1 Å². The summed E-state index contributed by atoms with van der Waals surface area (Å²) in [7, 11) is 0. The molecule has 3 heterocycles. The second kappa shape index (κ2) is 7.61. The van der Waals surface area contributed by atoms with Crippen LogP contribution in [-0.4, -0.2) is 26.9 Å². The van der Waals surface area contributed by atoms with Gasteiger partial charge in [0.25, 0.3) is 0 Å². The van der Waals surface area contributed by atoms with E-state index in [4.69, 9.17) is 21.3 Å². The van der Waals surface area contributed by atoms with Crippen LogP contribution < -0.4 is 0 Å². The first-order chi connectivity index (χ1) is 14.6. The molecule has 0 aliphatic carbocycles. The zero-order valence-electron chi connectivity index (χ0n) is 15.1. The molecule has 6 nitrogen and oxygen atoms in total. The number of aliphatic imine (C=N–C) groups is 1. The number of benzene rings is 2. The van der Waals surface area contributed by atoms with Crippen LogP contribution in [0.1, 0.15) is 17.4 Å². The number of hydrogen-bond acceptors (Lipinski definition) is 5. The molecular formula is C21H11Br2ClN4O2. The fraction of sp³-hybridized carbons (Fsp3) is 0.0476. The Balaban J connectivity index is 1.74. The third-order valence-electron chi connectivity index (χ3n) is 4.71. The Bertz CT molecular complexity index is 1350. The summed E-state index contributed by atoms with van der Waals surface area (Å²) < 4.78 is 8.86. The molecule has 0 saturated heterocycles. The van der Waals surface area contributed by atoms with Gasteiger partial charge in [-0.15, -0.1) is 0 Å². The van der Waals surface area contributed by atoms with E-state index in [1.54, 1.807) is 24.4 Å². The molecule has 1 aliphatic heterocycles. The van der Waals surface area contributed by atoms with Gasteiger partial charge in [-0.2, -0.15) is 5.10 Å². The van der Waals surface area contributed by atoms with Crippen molar-refractivity contribution in [2.45, 2.75) is 6.10 Å². The SMILES string of the molecule is O=CC1OC(c2cc(Br)nn2-c2ncccc2Cl)=Nc2c1cc1ccccc1c2Br. The van der Waals surface area contributed by atoms with Gasteiger partial charge in [-0.1, -0.05) is 35.9 Å². The van der Waals surface area contributed by atoms with Crippen LogP contribution >= 0.6 is 43.5 Å². The Morgan fingerprint density at radius 3 is 2.77 bits per heavy atom. The maximum atomic E-state index is 11.9. The topological polar surface area (TPSA) is 69.4 Å². The summed E-state index contributed by atoms with van der Waals surface area (Å²) in [5, 5.41) is 6.83. The van der Waals surface area contributed by atoms with Crippen LogP contribution in [0.4, 0.5) is 5.69 Å². The Hall–Kier alpha value is -2.55. The molecule has 1 atom stereocenters. The van der Waals surface area contributed by atoms with Crippen LogP contribution in [0, 0.1) is 0 Å². The molecule has 2 aromatic carbocycles. The van der Waals surface area contributed by atoms with Gasteiger partial charge in [-0.3, -0.25) is 4.79 Å². The van der Waals surface area contributed by atoms with Crippen molar-refractivity contribution in [1.82, 2.24) is 14.8 Å². The standard InChI is InChI=1S/C21H11Br2ClN4O2/c22-17-9-15(28(27-17)20-14(24)6-3-7-25-20)21-26-19-13(16(10-29)30-21)8-11-4-1-2-5-12(11)18(19)23/h1-10,16H. The third-order valence-corrected chi connectivity index (χ3v) is 6.20. The number of carbonyl (C=O) groups is 1. The van der Waals surface area contributed by atoms with Gasteiger partial charge in [0.15, 0.2) is 18.2 Å². The number of aromatic nitrogens is 3. The van der Waals surface area contributed by atoms with Gasteiger partial charge < -0.3 is 4.74 Å². The second-order valence-electron chi connectivity index (χ2n) is 6.51. The summed E-state index contributed by atoms with van der Waals surface area (Å²) in [5.74, 6) is 0.674. The first-order valence-corrected chi connectivity index (χ1v) is 10.8. The minimum atomic E-state index is -0.810. The van der Waals surface area contributed by atoms with Gasteiger partial charge in [-0.25, -0.2) is 14.7 Å². The van der Waals surface area contributed by atoms with E-state index in [1.165, 1.54) is 4.68 Å². The molecular weight excluding hydrogens is 536 g/mol. The number of rotatable bonds is 3. The number of hydrogen-bond donors (Lipinski definition) is 0. The van der Waals surface area contributed by atoms with Crippen LogP contribution in [0.3, 0.4) is 0 Å². The van der Waals surface area contributed by atoms with Crippen molar-refractivity contribution in [3.63, 3.8) is 0 Å². The van der Waals surface area contributed by atoms with Crippen LogP contribution in [0.25, 0.3) is 16.6 Å². The Morgan fingerprint density at radius 2 is 1.97 bits per heavy atom. The minimum Gasteiger partial charge on any atom is -0.460 e. The lowest BCUT2D eigenvalue weighted by molar-refractivity contribution is -0.114. The lowest BCUT2D eigenvalue weighted by atomic mass is 10.0. The molecule has 5 rings (SSSR count). The van der Waals surface area contributed by atoms with E-state index >= 15 is 0 Å². The fourth-order valence-corrected chi connectivity index (χ4v) is 4.63. The highest BCUT2D eigenvalue weighted by Gasteiger charge is 2.30. The quantitative estimate of drug-likeness (QED) is 0.298. The van der Waals surface area contributed by atoms with Crippen molar-refractivity contribution < 1.29 is 9.53 Å². The van der Waals surface area contributed by atoms with Gasteiger partial charge in [0.05, 0.1) is 15.2 Å². The van der Waals surface area contributed by atoms with E-state index in [2.05, 4.69) is 41.9 Å². The van der Waals surface area contributed by atoms with E-state index in [0.717, 1.165) is 21.5 Å². The van der Waals surface area contributed by atoms with Gasteiger partial charge in [0, 0.05) is 17.8 Å². The first-order valence-electron chi connectivity index (χ1n) is 8.85. The zero-order valence-corrected chi connectivity index (χ0v) is 19.0. The smallest absolute Gasteiger partial charge is 0.241 e. The van der Waals surface area contributed by atoms with Crippen molar-refractivity contribution in [1.29, 1.82) is 0 Å². The Labute approximate surface area is 192 Å². The van der Waals surface area contributed by atoms with Crippen molar-refractivity contribution in [3.8, 4) is 5.82 Å². The van der Waals surface area contributed by atoms with Crippen LogP contribution in [0.15, 0.2) is 68.8 Å². The first kappa shape index (κ1) is 19.4. The average molecular weight is 547 g/mol. The predicted octanol–water partition coefficient (Wildman–Crippen LogP) is 5.95. The molecule has 2 aromatic heterocycles. The molecule has 0 bridgehead atoms. The van der Waals surface area contributed by atoms with Gasteiger partial charge in [-0.05, 0) is 60.8 Å². The number of halogens is 3. The summed E-state index contributed by atoms with van der Waals surface area (Å²) in [6.45, 7) is 0. The highest BCUT2D eigenvalue weighted by Crippen LogP contribution is 2.43. The highest BCUT2D eigenvalue weighted by atomic mass is 79.9. The molecule has 9 heteroatoms. The number of ether oxygens (including phenoxy) is 1. The largest absolute Gasteiger partial charge is 0.460 e. The maximum Gasteiger partial charge on any atom is 0.241 e. The molecule has 0 radical (unpaired) electrons. The zero-order chi connectivity index (χ0) is 20.8. The molecule has 0 N–H and O–H groups in total. The molecule has 4 aromatic rings. The molecule has 0 fully saturated rings. The van der Waals surface area contributed by atoms with Crippen molar-refractivity contribution in [2.75, 3.05) is 0 Å². The summed E-state index contributed by atoms with van der Waals surface area (Å²) >= 11 is 13.4. The second-order valence-corrected chi connectivity index (χ2v) is 8.53. The van der Waals surface area contributed by atoms with Gasteiger partial charge >= 0.3 is 0 Å². The Kier molecular flexibility index (Phi) is 4.92. The number of aldehydes is 1. The molecule has 0 spiro atoms. The van der Waals surface area contributed by atoms with Crippen LogP contribution in [0.5, 0.6) is 0 Å². The van der Waals surface area contributed by atoms with Gasteiger partial charge in [0.1, 0.15) is 10.3 Å². The monoisotopic (exact) mass is 544 g/mol. The van der Waals surface area contributed by atoms with E-state index in [-0.39, 0.29) is 5.90 Å². The van der Waals surface area contributed by atoms with Crippen molar-refractivity contribution >= 4 is 72.1 Å². The number of nitrogens with zero attached hydrogens (tertiary/aromatic N) is 4. The summed E-state index contributed by atoms with van der Waals surface area (Å²) in [6.07, 6.45) is 1.57. The molecule has 1 aliphatic rings. The molecule has 0 saturated carbocycles. The highest BCUT2D eigenvalue weighted by molar-refractivity contribution is 9.11. The molecule has 0 amide bonds. The summed E-state index contributed by atoms with van der Waals surface area (Å²) in [4.78, 5) is 20.9. The molecule has 148 valence electrons. The van der Waals surface area contributed by atoms with Crippen molar-refractivity contribution in [2.24, 2.45) is 4.99 Å². The summed E-state index contributed by atoms with van der Waals surface area (Å²) in [6, 6.07) is 15.0. The van der Waals surface area contributed by atoms with Gasteiger partial charge in [0.2, 0.25) is 5.90 Å². The predicted molar refractivity (Wildman–Crippen MR) is 122 cm³/mol. The van der Waals surface area contributed by atoms with Crippen LogP contribution in [-0.2, 0) is 9.53 Å². The number of pyridine rings is 1. The lowest BCUT2D eigenvalue weighted by Gasteiger charge is -2.24.